The number of fused-ring (bicyclic) bond motifs is 9. The molecule has 2 aromatic heterocycles. The minimum absolute atomic E-state index is 0.920. The van der Waals surface area contributed by atoms with Crippen LogP contribution in [-0.4, -0.2) is 4.57 Å². The minimum Gasteiger partial charge on any atom is -0.456 e. The third-order valence-corrected chi connectivity index (χ3v) is 8.36. The fourth-order valence-corrected chi connectivity index (χ4v) is 6.64. The molecule has 0 saturated carbocycles. The van der Waals surface area contributed by atoms with Crippen molar-refractivity contribution < 1.29 is 4.42 Å². The van der Waals surface area contributed by atoms with Crippen LogP contribution in [0.25, 0.3) is 82.1 Å². The van der Waals surface area contributed by atoms with Crippen LogP contribution in [0.15, 0.2) is 144 Å². The Balaban J connectivity index is 1.46. The average molecular weight is 510 g/mol. The summed E-state index contributed by atoms with van der Waals surface area (Å²) in [6.07, 6.45) is 0. The quantitative estimate of drug-likeness (QED) is 0.212. The molecule has 186 valence electrons. The van der Waals surface area contributed by atoms with Crippen molar-refractivity contribution >= 4 is 65.3 Å². The first-order valence-corrected chi connectivity index (χ1v) is 13.7. The van der Waals surface area contributed by atoms with Crippen LogP contribution in [0.1, 0.15) is 0 Å². The first-order chi connectivity index (χ1) is 19.8. The molecule has 0 radical (unpaired) electrons. The van der Waals surface area contributed by atoms with Crippen molar-refractivity contribution in [2.45, 2.75) is 0 Å². The lowest BCUT2D eigenvalue weighted by atomic mass is 9.90. The lowest BCUT2D eigenvalue weighted by Gasteiger charge is -2.13. The van der Waals surface area contributed by atoms with E-state index < -0.39 is 0 Å². The van der Waals surface area contributed by atoms with Gasteiger partial charge in [0, 0.05) is 27.2 Å². The van der Waals surface area contributed by atoms with Gasteiger partial charge in [-0.15, -0.1) is 0 Å². The number of hydrogen-bond donors (Lipinski definition) is 0. The zero-order chi connectivity index (χ0) is 26.2. The van der Waals surface area contributed by atoms with Crippen LogP contribution in [0.3, 0.4) is 0 Å². The van der Waals surface area contributed by atoms with Crippen molar-refractivity contribution in [3.63, 3.8) is 0 Å². The van der Waals surface area contributed by atoms with Crippen LogP contribution in [0.4, 0.5) is 0 Å². The number of aromatic nitrogens is 1. The van der Waals surface area contributed by atoms with Gasteiger partial charge in [0.15, 0.2) is 0 Å². The third-order valence-electron chi connectivity index (χ3n) is 8.36. The van der Waals surface area contributed by atoms with Crippen molar-refractivity contribution in [3.05, 3.63) is 140 Å². The lowest BCUT2D eigenvalue weighted by Crippen LogP contribution is -1.93. The van der Waals surface area contributed by atoms with E-state index in [0.29, 0.717) is 0 Å². The molecular weight excluding hydrogens is 486 g/mol. The summed E-state index contributed by atoms with van der Waals surface area (Å²) in [6, 6.07) is 50.1. The second-order valence-corrected chi connectivity index (χ2v) is 10.5. The van der Waals surface area contributed by atoms with Gasteiger partial charge < -0.3 is 8.98 Å². The maximum Gasteiger partial charge on any atom is 0.136 e. The van der Waals surface area contributed by atoms with Crippen LogP contribution >= 0.6 is 0 Å². The summed E-state index contributed by atoms with van der Waals surface area (Å²) in [5, 5.41) is 9.77. The molecule has 0 N–H and O–H groups in total. The maximum atomic E-state index is 6.38. The zero-order valence-electron chi connectivity index (χ0n) is 21.6. The molecule has 9 rings (SSSR count). The number of rotatable bonds is 2. The Morgan fingerprint density at radius 3 is 2.02 bits per heavy atom. The average Bonchev–Trinajstić information content (AvgIpc) is 3.55. The summed E-state index contributed by atoms with van der Waals surface area (Å²) in [5.74, 6) is 0. The Hall–Kier alpha value is -5.34. The highest BCUT2D eigenvalue weighted by atomic mass is 16.3. The second-order valence-electron chi connectivity index (χ2n) is 10.5. The van der Waals surface area contributed by atoms with Crippen LogP contribution in [0, 0.1) is 0 Å². The van der Waals surface area contributed by atoms with Crippen molar-refractivity contribution in [1.82, 2.24) is 4.57 Å². The van der Waals surface area contributed by atoms with Crippen molar-refractivity contribution in [2.24, 2.45) is 0 Å². The predicted octanol–water partition coefficient (Wildman–Crippen LogP) is 10.7. The van der Waals surface area contributed by atoms with E-state index in [9.17, 15) is 0 Å². The summed E-state index contributed by atoms with van der Waals surface area (Å²) < 4.78 is 8.76. The summed E-state index contributed by atoms with van der Waals surface area (Å²) >= 11 is 0. The standard InChI is InChI=1S/C38H23NO/c1-2-12-25(13-3-1)39-34-18-8-6-16-29(34)38-28(17-10-19-35(38)39)30-21-24-11-4-5-14-26(24)31-22-33-27-15-7-9-20-36(27)40-37(33)23-32(30)31/h1-23H. The highest BCUT2D eigenvalue weighted by Crippen LogP contribution is 2.44. The lowest BCUT2D eigenvalue weighted by molar-refractivity contribution is 0.669. The van der Waals surface area contributed by atoms with E-state index in [1.165, 1.54) is 60.2 Å². The number of nitrogens with zero attached hydrogens (tertiary/aromatic N) is 1. The molecule has 0 saturated heterocycles. The van der Waals surface area contributed by atoms with Crippen molar-refractivity contribution in [2.75, 3.05) is 0 Å². The van der Waals surface area contributed by atoms with Gasteiger partial charge in [-0.05, 0) is 81.2 Å². The largest absolute Gasteiger partial charge is 0.456 e. The second kappa shape index (κ2) is 8.08. The number of furan rings is 1. The molecule has 0 bridgehead atoms. The summed E-state index contributed by atoms with van der Waals surface area (Å²) in [6.45, 7) is 0. The zero-order valence-corrected chi connectivity index (χ0v) is 21.6. The van der Waals surface area contributed by atoms with Gasteiger partial charge in [0.05, 0.1) is 11.0 Å². The van der Waals surface area contributed by atoms with Crippen LogP contribution in [0.2, 0.25) is 0 Å². The molecular formula is C38H23NO. The number of benzene rings is 7. The molecule has 40 heavy (non-hydrogen) atoms. The van der Waals surface area contributed by atoms with Crippen LogP contribution in [-0.2, 0) is 0 Å². The van der Waals surface area contributed by atoms with Crippen molar-refractivity contribution in [1.29, 1.82) is 0 Å². The van der Waals surface area contributed by atoms with Crippen LogP contribution in [0.5, 0.6) is 0 Å². The van der Waals surface area contributed by atoms with E-state index in [1.807, 2.05) is 6.07 Å². The summed E-state index contributed by atoms with van der Waals surface area (Å²) in [7, 11) is 0. The Morgan fingerprint density at radius 1 is 0.400 bits per heavy atom. The van der Waals surface area contributed by atoms with Crippen molar-refractivity contribution in [3.8, 4) is 16.8 Å². The minimum atomic E-state index is 0.920. The highest BCUT2D eigenvalue weighted by molar-refractivity contribution is 6.24. The van der Waals surface area contributed by atoms with Gasteiger partial charge in [0.1, 0.15) is 11.2 Å². The Bertz CT molecular complexity index is 2420. The van der Waals surface area contributed by atoms with Gasteiger partial charge in [-0.1, -0.05) is 91.0 Å². The van der Waals surface area contributed by atoms with Gasteiger partial charge >= 0.3 is 0 Å². The van der Waals surface area contributed by atoms with E-state index >= 15 is 0 Å². The molecule has 0 unspecified atom stereocenters. The molecule has 0 amide bonds. The molecule has 9 aromatic rings. The van der Waals surface area contributed by atoms with Gasteiger partial charge in [0.25, 0.3) is 0 Å². The van der Waals surface area contributed by atoms with Gasteiger partial charge in [-0.25, -0.2) is 0 Å². The monoisotopic (exact) mass is 509 g/mol. The third kappa shape index (κ3) is 2.93. The summed E-state index contributed by atoms with van der Waals surface area (Å²) in [5.41, 5.74) is 7.87. The van der Waals surface area contributed by atoms with Gasteiger partial charge in [0.2, 0.25) is 0 Å². The molecule has 2 nitrogen and oxygen atoms in total. The van der Waals surface area contributed by atoms with E-state index in [2.05, 4.69) is 138 Å². The van der Waals surface area contributed by atoms with E-state index in [4.69, 9.17) is 4.42 Å². The molecule has 0 spiro atoms. The molecule has 2 heterocycles. The van der Waals surface area contributed by atoms with E-state index in [0.717, 1.165) is 21.9 Å². The number of para-hydroxylation sites is 3. The Kier molecular flexibility index (Phi) is 4.36. The molecule has 0 atom stereocenters. The fourth-order valence-electron chi connectivity index (χ4n) is 6.64. The Morgan fingerprint density at radius 2 is 1.12 bits per heavy atom. The predicted molar refractivity (Wildman–Crippen MR) is 169 cm³/mol. The molecule has 0 aliphatic carbocycles. The summed E-state index contributed by atoms with van der Waals surface area (Å²) in [4.78, 5) is 0. The first kappa shape index (κ1) is 21.6. The normalized spacial score (nSPS) is 12.0. The molecule has 7 aromatic carbocycles. The smallest absolute Gasteiger partial charge is 0.136 e. The van der Waals surface area contributed by atoms with E-state index in [-0.39, 0.29) is 0 Å². The Labute approximate surface area is 230 Å². The number of hydrogen-bond acceptors (Lipinski definition) is 1. The van der Waals surface area contributed by atoms with Gasteiger partial charge in [-0.2, -0.15) is 0 Å². The first-order valence-electron chi connectivity index (χ1n) is 13.7. The molecule has 0 fully saturated rings. The van der Waals surface area contributed by atoms with E-state index in [1.54, 1.807) is 0 Å². The molecule has 0 aliphatic rings. The van der Waals surface area contributed by atoms with Gasteiger partial charge in [-0.3, -0.25) is 0 Å². The molecule has 2 heteroatoms. The maximum absolute atomic E-state index is 6.38. The topological polar surface area (TPSA) is 18.1 Å². The highest BCUT2D eigenvalue weighted by Gasteiger charge is 2.19. The fraction of sp³-hybridized carbons (Fsp3) is 0. The SMILES string of the molecule is c1ccc(-n2c3ccccc3c3c(-c4cc5ccccc5c5cc6c(cc45)oc4ccccc46)cccc32)cc1. The van der Waals surface area contributed by atoms with Crippen LogP contribution < -0.4 is 0 Å². The molecule has 0 aliphatic heterocycles.